The summed E-state index contributed by atoms with van der Waals surface area (Å²) in [6.07, 6.45) is 3.56. The van der Waals surface area contributed by atoms with Crippen molar-refractivity contribution in [2.24, 2.45) is 0 Å². The monoisotopic (exact) mass is 340 g/mol. The normalized spacial score (nSPS) is 18.1. The number of benzene rings is 2. The van der Waals surface area contributed by atoms with E-state index in [0.29, 0.717) is 5.02 Å². The molecule has 124 valence electrons. The third kappa shape index (κ3) is 2.95. The Kier molecular flexibility index (Phi) is 4.09. The minimum Gasteiger partial charge on any atom is -0.385 e. The summed E-state index contributed by atoms with van der Waals surface area (Å²) in [6, 6.07) is 16.0. The van der Waals surface area contributed by atoms with Crippen LogP contribution in [0.2, 0.25) is 5.02 Å². The minimum absolute atomic E-state index is 0.683. The van der Waals surface area contributed by atoms with Crippen molar-refractivity contribution >= 4 is 22.5 Å². The number of hydrogen-bond donors (Lipinski definition) is 2. The first-order valence-electron chi connectivity index (χ1n) is 8.40. The Morgan fingerprint density at radius 3 is 2.67 bits per heavy atom. The second-order valence-corrected chi connectivity index (χ2v) is 7.11. The average Bonchev–Trinajstić information content (AvgIpc) is 3.00. The number of fused-ring (bicyclic) bond motifs is 1. The second kappa shape index (κ2) is 6.25. The molecule has 3 aromatic rings. The minimum atomic E-state index is -0.762. The van der Waals surface area contributed by atoms with E-state index >= 15 is 0 Å². The summed E-state index contributed by atoms with van der Waals surface area (Å²) in [7, 11) is 0. The van der Waals surface area contributed by atoms with E-state index < -0.39 is 5.60 Å². The molecule has 0 bridgehead atoms. The number of halogens is 1. The zero-order valence-corrected chi connectivity index (χ0v) is 14.3. The summed E-state index contributed by atoms with van der Waals surface area (Å²) in [5.41, 5.74) is 2.67. The van der Waals surface area contributed by atoms with Crippen molar-refractivity contribution in [2.45, 2.75) is 25.0 Å². The van der Waals surface area contributed by atoms with E-state index in [1.54, 1.807) is 0 Å². The number of aromatic amines is 1. The largest absolute Gasteiger partial charge is 0.385 e. The number of aromatic nitrogens is 1. The SMILES string of the molecule is OC1(c2cccc(Cl)c2)CCN(Cc2c[nH]c3ccccc23)CC1. The highest BCUT2D eigenvalue weighted by Gasteiger charge is 2.34. The summed E-state index contributed by atoms with van der Waals surface area (Å²) < 4.78 is 0. The van der Waals surface area contributed by atoms with E-state index in [1.807, 2.05) is 24.3 Å². The molecule has 2 heterocycles. The van der Waals surface area contributed by atoms with Crippen LogP contribution in [0.15, 0.2) is 54.7 Å². The van der Waals surface area contributed by atoms with Gasteiger partial charge in [0.15, 0.2) is 0 Å². The van der Waals surface area contributed by atoms with Gasteiger partial charge in [-0.05, 0) is 42.2 Å². The molecule has 0 saturated carbocycles. The first-order chi connectivity index (χ1) is 11.6. The van der Waals surface area contributed by atoms with E-state index in [-0.39, 0.29) is 0 Å². The van der Waals surface area contributed by atoms with Gasteiger partial charge in [0.2, 0.25) is 0 Å². The molecule has 1 saturated heterocycles. The van der Waals surface area contributed by atoms with Crippen LogP contribution >= 0.6 is 11.6 Å². The van der Waals surface area contributed by atoms with Gasteiger partial charge < -0.3 is 10.1 Å². The number of nitrogens with one attached hydrogen (secondary N) is 1. The Hall–Kier alpha value is -1.81. The summed E-state index contributed by atoms with van der Waals surface area (Å²) in [6.45, 7) is 2.67. The van der Waals surface area contributed by atoms with Crippen LogP contribution in [0.25, 0.3) is 10.9 Å². The molecular formula is C20H21ClN2O. The molecule has 0 atom stereocenters. The van der Waals surface area contributed by atoms with Crippen LogP contribution in [0.5, 0.6) is 0 Å². The molecule has 4 heteroatoms. The number of H-pyrrole nitrogens is 1. The van der Waals surface area contributed by atoms with Gasteiger partial charge in [0.25, 0.3) is 0 Å². The zero-order valence-electron chi connectivity index (χ0n) is 13.5. The van der Waals surface area contributed by atoms with E-state index in [4.69, 9.17) is 11.6 Å². The second-order valence-electron chi connectivity index (χ2n) is 6.68. The molecule has 1 aromatic heterocycles. The fourth-order valence-corrected chi connectivity index (χ4v) is 3.84. The first kappa shape index (κ1) is 15.7. The molecule has 2 N–H and O–H groups in total. The van der Waals surface area contributed by atoms with Crippen molar-refractivity contribution in [3.05, 3.63) is 70.9 Å². The van der Waals surface area contributed by atoms with E-state index in [0.717, 1.165) is 38.0 Å². The van der Waals surface area contributed by atoms with Crippen LogP contribution in [-0.4, -0.2) is 28.1 Å². The summed E-state index contributed by atoms with van der Waals surface area (Å²) in [5.74, 6) is 0. The van der Waals surface area contributed by atoms with Gasteiger partial charge in [-0.25, -0.2) is 0 Å². The Labute approximate surface area is 146 Å². The van der Waals surface area contributed by atoms with Crippen LogP contribution in [0.1, 0.15) is 24.0 Å². The fourth-order valence-electron chi connectivity index (χ4n) is 3.65. The Balaban J connectivity index is 1.46. The summed E-state index contributed by atoms with van der Waals surface area (Å²) in [5, 5.41) is 13.0. The first-order valence-corrected chi connectivity index (χ1v) is 8.78. The zero-order chi connectivity index (χ0) is 16.6. The highest BCUT2D eigenvalue weighted by molar-refractivity contribution is 6.30. The summed E-state index contributed by atoms with van der Waals surface area (Å²) in [4.78, 5) is 5.75. The molecule has 1 aliphatic heterocycles. The number of aliphatic hydroxyl groups is 1. The van der Waals surface area contributed by atoms with Gasteiger partial charge in [-0.2, -0.15) is 0 Å². The molecule has 0 unspecified atom stereocenters. The quantitative estimate of drug-likeness (QED) is 0.746. The fraction of sp³-hybridized carbons (Fsp3) is 0.300. The van der Waals surface area contributed by atoms with Crippen molar-refractivity contribution in [1.82, 2.24) is 9.88 Å². The highest BCUT2D eigenvalue weighted by Crippen LogP contribution is 2.34. The number of para-hydroxylation sites is 1. The highest BCUT2D eigenvalue weighted by atomic mass is 35.5. The van der Waals surface area contributed by atoms with Gasteiger partial charge >= 0.3 is 0 Å². The Morgan fingerprint density at radius 1 is 1.08 bits per heavy atom. The molecule has 1 fully saturated rings. The maximum atomic E-state index is 11.0. The number of nitrogens with zero attached hydrogens (tertiary/aromatic N) is 1. The smallest absolute Gasteiger partial charge is 0.0921 e. The number of likely N-dealkylation sites (tertiary alicyclic amines) is 1. The van der Waals surface area contributed by atoms with Crippen LogP contribution in [0.4, 0.5) is 0 Å². The van der Waals surface area contributed by atoms with Gasteiger partial charge in [-0.15, -0.1) is 0 Å². The van der Waals surface area contributed by atoms with E-state index in [1.165, 1.54) is 16.5 Å². The van der Waals surface area contributed by atoms with Crippen molar-refractivity contribution in [3.8, 4) is 0 Å². The number of rotatable bonds is 3. The predicted octanol–water partition coefficient (Wildman–Crippen LogP) is 4.30. The third-order valence-corrected chi connectivity index (χ3v) is 5.35. The predicted molar refractivity (Wildman–Crippen MR) is 98.2 cm³/mol. The van der Waals surface area contributed by atoms with Crippen LogP contribution in [0.3, 0.4) is 0 Å². The lowest BCUT2D eigenvalue weighted by Crippen LogP contribution is -2.42. The third-order valence-electron chi connectivity index (χ3n) is 5.11. The molecule has 3 nitrogen and oxygen atoms in total. The summed E-state index contributed by atoms with van der Waals surface area (Å²) >= 11 is 6.08. The lowest BCUT2D eigenvalue weighted by atomic mass is 9.84. The van der Waals surface area contributed by atoms with Gasteiger partial charge in [0.1, 0.15) is 0 Å². The van der Waals surface area contributed by atoms with Crippen molar-refractivity contribution in [1.29, 1.82) is 0 Å². The van der Waals surface area contributed by atoms with Crippen molar-refractivity contribution in [2.75, 3.05) is 13.1 Å². The molecule has 0 amide bonds. The van der Waals surface area contributed by atoms with Gasteiger partial charge in [0, 0.05) is 41.8 Å². The van der Waals surface area contributed by atoms with Crippen LogP contribution in [-0.2, 0) is 12.1 Å². The van der Waals surface area contributed by atoms with Crippen LogP contribution in [0, 0.1) is 0 Å². The lowest BCUT2D eigenvalue weighted by molar-refractivity contribution is -0.0276. The average molecular weight is 341 g/mol. The molecule has 4 rings (SSSR count). The molecule has 2 aromatic carbocycles. The van der Waals surface area contributed by atoms with Crippen molar-refractivity contribution in [3.63, 3.8) is 0 Å². The molecule has 0 radical (unpaired) electrons. The Morgan fingerprint density at radius 2 is 1.88 bits per heavy atom. The number of hydrogen-bond acceptors (Lipinski definition) is 2. The lowest BCUT2D eigenvalue weighted by Gasteiger charge is -2.38. The van der Waals surface area contributed by atoms with Gasteiger partial charge in [-0.3, -0.25) is 4.90 Å². The Bertz CT molecular complexity index is 849. The molecule has 0 spiro atoms. The maximum absolute atomic E-state index is 11.0. The standard InChI is InChI=1S/C20H21ClN2O/c21-17-5-3-4-16(12-17)20(24)8-10-23(11-9-20)14-15-13-22-19-7-2-1-6-18(15)19/h1-7,12-13,22,24H,8-11,14H2. The van der Waals surface area contributed by atoms with E-state index in [2.05, 4.69) is 40.3 Å². The van der Waals surface area contributed by atoms with E-state index in [9.17, 15) is 5.11 Å². The van der Waals surface area contributed by atoms with Crippen molar-refractivity contribution < 1.29 is 5.11 Å². The molecule has 24 heavy (non-hydrogen) atoms. The van der Waals surface area contributed by atoms with Gasteiger partial charge in [-0.1, -0.05) is 41.9 Å². The maximum Gasteiger partial charge on any atom is 0.0921 e. The molecule has 0 aliphatic carbocycles. The van der Waals surface area contributed by atoms with Crippen LogP contribution < -0.4 is 0 Å². The van der Waals surface area contributed by atoms with Gasteiger partial charge in [0.05, 0.1) is 5.60 Å². The number of piperidine rings is 1. The topological polar surface area (TPSA) is 39.3 Å². The molecule has 1 aliphatic rings. The molecular weight excluding hydrogens is 320 g/mol.